The molecule has 0 radical (unpaired) electrons. The molecule has 1 aromatic carbocycles. The number of carbonyl (C=O) groups is 2. The van der Waals surface area contributed by atoms with Crippen molar-refractivity contribution in [1.29, 1.82) is 0 Å². The van der Waals surface area contributed by atoms with Crippen LogP contribution in [-0.2, 0) is 0 Å². The normalized spacial score (nSPS) is 18.0. The van der Waals surface area contributed by atoms with Crippen LogP contribution >= 0.6 is 0 Å². The summed E-state index contributed by atoms with van der Waals surface area (Å²) in [5.41, 5.74) is 1.30. The van der Waals surface area contributed by atoms with Gasteiger partial charge in [-0.1, -0.05) is 6.07 Å². The maximum atomic E-state index is 12.7. The first-order valence-electron chi connectivity index (χ1n) is 9.27. The summed E-state index contributed by atoms with van der Waals surface area (Å²) in [5, 5.41) is 8.89. The third kappa shape index (κ3) is 5.19. The van der Waals surface area contributed by atoms with E-state index < -0.39 is 0 Å². The topological polar surface area (TPSA) is 73.5 Å². The second kappa shape index (κ2) is 8.34. The van der Waals surface area contributed by atoms with Crippen molar-refractivity contribution in [2.24, 2.45) is 5.92 Å². The minimum absolute atomic E-state index is 0.0540. The Morgan fingerprint density at radius 2 is 1.92 bits per heavy atom. The molecule has 3 N–H and O–H groups in total. The van der Waals surface area contributed by atoms with Gasteiger partial charge in [0.15, 0.2) is 0 Å². The fourth-order valence-electron chi connectivity index (χ4n) is 3.27. The number of piperidine rings is 1. The van der Waals surface area contributed by atoms with Crippen molar-refractivity contribution in [1.82, 2.24) is 15.5 Å². The zero-order valence-corrected chi connectivity index (χ0v) is 14.9. The van der Waals surface area contributed by atoms with E-state index in [9.17, 15) is 9.59 Å². The van der Waals surface area contributed by atoms with Crippen molar-refractivity contribution >= 4 is 17.6 Å². The molecule has 1 saturated carbocycles. The molecule has 6 nitrogen and oxygen atoms in total. The summed E-state index contributed by atoms with van der Waals surface area (Å²) >= 11 is 0. The van der Waals surface area contributed by atoms with Crippen LogP contribution in [0.1, 0.15) is 42.5 Å². The fourth-order valence-corrected chi connectivity index (χ4v) is 3.27. The fraction of sp³-hybridized carbons (Fsp3) is 0.579. The maximum absolute atomic E-state index is 12.7. The SMILES string of the molecule is CNCCC1CCN(C(=O)c2cccc(NC(=O)NC3CC3)c2)CC1. The molecular weight excluding hydrogens is 316 g/mol. The van der Waals surface area contributed by atoms with Crippen LogP contribution in [0.15, 0.2) is 24.3 Å². The molecule has 2 aliphatic rings. The number of benzene rings is 1. The lowest BCUT2D eigenvalue weighted by molar-refractivity contribution is 0.0687. The molecular formula is C19H28N4O2. The molecule has 3 amide bonds. The van der Waals surface area contributed by atoms with Gasteiger partial charge in [-0.25, -0.2) is 4.79 Å². The van der Waals surface area contributed by atoms with Crippen LogP contribution in [0.5, 0.6) is 0 Å². The van der Waals surface area contributed by atoms with Gasteiger partial charge in [0.25, 0.3) is 5.91 Å². The van der Waals surface area contributed by atoms with Crippen molar-refractivity contribution in [2.45, 2.75) is 38.1 Å². The van der Waals surface area contributed by atoms with Gasteiger partial charge >= 0.3 is 6.03 Å². The average molecular weight is 344 g/mol. The molecule has 136 valence electrons. The summed E-state index contributed by atoms with van der Waals surface area (Å²) in [6.07, 6.45) is 5.41. The zero-order valence-electron chi connectivity index (χ0n) is 14.9. The van der Waals surface area contributed by atoms with E-state index in [0.29, 0.717) is 23.2 Å². The molecule has 1 aliphatic carbocycles. The Balaban J connectivity index is 1.53. The number of carbonyl (C=O) groups excluding carboxylic acids is 2. The molecule has 0 bridgehead atoms. The summed E-state index contributed by atoms with van der Waals surface area (Å²) < 4.78 is 0. The minimum atomic E-state index is -0.197. The zero-order chi connectivity index (χ0) is 17.6. The number of nitrogens with zero attached hydrogens (tertiary/aromatic N) is 1. The number of hydrogen-bond acceptors (Lipinski definition) is 3. The van der Waals surface area contributed by atoms with Gasteiger partial charge in [0.2, 0.25) is 0 Å². The molecule has 3 rings (SSSR count). The highest BCUT2D eigenvalue weighted by atomic mass is 16.2. The Morgan fingerprint density at radius 1 is 1.16 bits per heavy atom. The molecule has 1 heterocycles. The van der Waals surface area contributed by atoms with Gasteiger partial charge in [0, 0.05) is 30.4 Å². The predicted octanol–water partition coefficient (Wildman–Crippen LogP) is 2.43. The Bertz CT molecular complexity index is 607. The lowest BCUT2D eigenvalue weighted by Gasteiger charge is -2.32. The van der Waals surface area contributed by atoms with Crippen LogP contribution in [0.4, 0.5) is 10.5 Å². The Morgan fingerprint density at radius 3 is 2.60 bits per heavy atom. The second-order valence-corrected chi connectivity index (χ2v) is 7.08. The molecule has 0 unspecified atom stereocenters. The Kier molecular flexibility index (Phi) is 5.91. The van der Waals surface area contributed by atoms with Crippen LogP contribution in [0.3, 0.4) is 0 Å². The van der Waals surface area contributed by atoms with Gasteiger partial charge in [0.1, 0.15) is 0 Å². The largest absolute Gasteiger partial charge is 0.339 e. The Hall–Kier alpha value is -2.08. The summed E-state index contributed by atoms with van der Waals surface area (Å²) in [7, 11) is 1.98. The lowest BCUT2D eigenvalue weighted by Crippen LogP contribution is -2.39. The van der Waals surface area contributed by atoms with E-state index in [0.717, 1.165) is 45.3 Å². The number of urea groups is 1. The van der Waals surface area contributed by atoms with Crippen LogP contribution < -0.4 is 16.0 Å². The maximum Gasteiger partial charge on any atom is 0.319 e. The van der Waals surface area contributed by atoms with E-state index in [1.54, 1.807) is 6.07 Å². The summed E-state index contributed by atoms with van der Waals surface area (Å²) in [6, 6.07) is 7.33. The Labute approximate surface area is 149 Å². The van der Waals surface area contributed by atoms with E-state index in [4.69, 9.17) is 0 Å². The lowest BCUT2D eigenvalue weighted by atomic mass is 9.93. The van der Waals surface area contributed by atoms with Crippen molar-refractivity contribution in [2.75, 3.05) is 32.0 Å². The molecule has 1 saturated heterocycles. The first-order chi connectivity index (χ1) is 12.2. The molecule has 0 atom stereocenters. The summed E-state index contributed by atoms with van der Waals surface area (Å²) in [6.45, 7) is 2.66. The quantitative estimate of drug-likeness (QED) is 0.742. The first-order valence-corrected chi connectivity index (χ1v) is 9.27. The number of anilines is 1. The van der Waals surface area contributed by atoms with Crippen LogP contribution in [0, 0.1) is 5.92 Å². The van der Waals surface area contributed by atoms with Gasteiger partial charge < -0.3 is 20.9 Å². The third-order valence-corrected chi connectivity index (χ3v) is 4.98. The predicted molar refractivity (Wildman–Crippen MR) is 98.8 cm³/mol. The van der Waals surface area contributed by atoms with Gasteiger partial charge in [-0.15, -0.1) is 0 Å². The summed E-state index contributed by atoms with van der Waals surface area (Å²) in [5.74, 6) is 0.758. The van der Waals surface area contributed by atoms with Gasteiger partial charge in [-0.3, -0.25) is 4.79 Å². The molecule has 1 aromatic rings. The minimum Gasteiger partial charge on any atom is -0.339 e. The molecule has 0 spiro atoms. The molecule has 25 heavy (non-hydrogen) atoms. The number of amides is 3. The van der Waals surface area contributed by atoms with E-state index in [1.807, 2.05) is 30.1 Å². The number of likely N-dealkylation sites (tertiary alicyclic amines) is 1. The number of nitrogens with one attached hydrogen (secondary N) is 3. The third-order valence-electron chi connectivity index (χ3n) is 4.98. The summed E-state index contributed by atoms with van der Waals surface area (Å²) in [4.78, 5) is 26.5. The van der Waals surface area contributed by atoms with E-state index in [2.05, 4.69) is 16.0 Å². The van der Waals surface area contributed by atoms with Crippen molar-refractivity contribution in [3.05, 3.63) is 29.8 Å². The highest BCUT2D eigenvalue weighted by molar-refractivity contribution is 5.97. The van der Waals surface area contributed by atoms with Gasteiger partial charge in [0.05, 0.1) is 0 Å². The highest BCUT2D eigenvalue weighted by Crippen LogP contribution is 2.22. The van der Waals surface area contributed by atoms with Crippen molar-refractivity contribution in [3.8, 4) is 0 Å². The van der Waals surface area contributed by atoms with E-state index in [1.165, 1.54) is 6.42 Å². The number of rotatable bonds is 6. The van der Waals surface area contributed by atoms with Crippen molar-refractivity contribution < 1.29 is 9.59 Å². The molecule has 1 aliphatic heterocycles. The highest BCUT2D eigenvalue weighted by Gasteiger charge is 2.24. The van der Waals surface area contributed by atoms with Gasteiger partial charge in [-0.05, 0) is 69.8 Å². The van der Waals surface area contributed by atoms with Crippen LogP contribution in [-0.4, -0.2) is 49.6 Å². The van der Waals surface area contributed by atoms with Crippen LogP contribution in [0.25, 0.3) is 0 Å². The van der Waals surface area contributed by atoms with Crippen LogP contribution in [0.2, 0.25) is 0 Å². The number of hydrogen-bond donors (Lipinski definition) is 3. The van der Waals surface area contributed by atoms with E-state index in [-0.39, 0.29) is 11.9 Å². The van der Waals surface area contributed by atoms with Gasteiger partial charge in [-0.2, -0.15) is 0 Å². The average Bonchev–Trinajstić information content (AvgIpc) is 3.44. The standard InChI is InChI=1S/C19H28N4O2/c1-20-10-7-14-8-11-23(12-9-14)18(24)15-3-2-4-17(13-15)22-19(25)21-16-5-6-16/h2-4,13-14,16,20H,5-12H2,1H3,(H2,21,22,25). The molecule has 0 aromatic heterocycles. The van der Waals surface area contributed by atoms with E-state index >= 15 is 0 Å². The molecule has 6 heteroatoms. The smallest absolute Gasteiger partial charge is 0.319 e. The first kappa shape index (κ1) is 17.7. The second-order valence-electron chi connectivity index (χ2n) is 7.08. The van der Waals surface area contributed by atoms with Crippen molar-refractivity contribution in [3.63, 3.8) is 0 Å². The monoisotopic (exact) mass is 344 g/mol. The molecule has 2 fully saturated rings.